The lowest BCUT2D eigenvalue weighted by atomic mass is 10.1. The number of aromatic nitrogens is 2. The molecule has 92 valence electrons. The van der Waals surface area contributed by atoms with Crippen LogP contribution in [0, 0.1) is 12.7 Å². The van der Waals surface area contributed by atoms with Crippen molar-refractivity contribution in [1.29, 1.82) is 0 Å². The molecule has 0 radical (unpaired) electrons. The second-order valence-corrected chi connectivity index (χ2v) is 5.62. The molecule has 2 heterocycles. The molecule has 18 heavy (non-hydrogen) atoms. The summed E-state index contributed by atoms with van der Waals surface area (Å²) in [5.41, 5.74) is 3.50. The number of nitrogens with zero attached hydrogens (tertiary/aromatic N) is 2. The van der Waals surface area contributed by atoms with Gasteiger partial charge >= 0.3 is 0 Å². The number of hydrogen-bond donors (Lipinski definition) is 0. The summed E-state index contributed by atoms with van der Waals surface area (Å²) in [4.78, 5) is 8.76. The average molecular weight is 281 g/mol. The predicted octanol–water partition coefficient (Wildman–Crippen LogP) is 3.99. The normalized spacial score (nSPS) is 13.7. The van der Waals surface area contributed by atoms with Gasteiger partial charge in [0.25, 0.3) is 0 Å². The van der Waals surface area contributed by atoms with Gasteiger partial charge in [0.1, 0.15) is 11.0 Å². The Bertz CT molecular complexity index is 610. The smallest absolute Gasteiger partial charge is 0.161 e. The third kappa shape index (κ3) is 2.10. The summed E-state index contributed by atoms with van der Waals surface area (Å²) >= 11 is 7.91. The number of thioether (sulfide) groups is 1. The maximum absolute atomic E-state index is 13.4. The highest BCUT2D eigenvalue weighted by Gasteiger charge is 2.19. The van der Waals surface area contributed by atoms with Gasteiger partial charge in [-0.05, 0) is 30.7 Å². The van der Waals surface area contributed by atoms with Crippen molar-refractivity contribution in [2.45, 2.75) is 18.4 Å². The van der Waals surface area contributed by atoms with Crippen molar-refractivity contribution in [2.24, 2.45) is 0 Å². The monoisotopic (exact) mass is 280 g/mol. The van der Waals surface area contributed by atoms with Crippen molar-refractivity contribution >= 4 is 23.4 Å². The van der Waals surface area contributed by atoms with Crippen LogP contribution in [0.25, 0.3) is 11.4 Å². The van der Waals surface area contributed by atoms with Gasteiger partial charge in [-0.2, -0.15) is 11.8 Å². The van der Waals surface area contributed by atoms with Crippen LogP contribution in [0.5, 0.6) is 0 Å². The number of hydrogen-bond acceptors (Lipinski definition) is 3. The fourth-order valence-corrected chi connectivity index (χ4v) is 3.38. The third-order valence-corrected chi connectivity index (χ3v) is 4.11. The number of aryl methyl sites for hydroxylation is 1. The number of rotatable bonds is 1. The highest BCUT2D eigenvalue weighted by Crippen LogP contribution is 2.34. The first-order valence-corrected chi connectivity index (χ1v) is 7.07. The topological polar surface area (TPSA) is 25.8 Å². The van der Waals surface area contributed by atoms with E-state index in [1.54, 1.807) is 11.8 Å². The summed E-state index contributed by atoms with van der Waals surface area (Å²) in [5.74, 6) is 1.93. The summed E-state index contributed by atoms with van der Waals surface area (Å²) in [6.45, 7) is 1.84. The standard InChI is InChI=1S/C13H10ClFN2S/c1-7-2-8(4-9(15)3-7)13-16-11-6-18-5-10(11)12(14)17-13/h2-4H,5-6H2,1H3. The average Bonchev–Trinajstić information content (AvgIpc) is 2.76. The molecule has 0 bridgehead atoms. The van der Waals surface area contributed by atoms with E-state index in [1.165, 1.54) is 12.1 Å². The van der Waals surface area contributed by atoms with Crippen LogP contribution in [-0.4, -0.2) is 9.97 Å². The molecule has 0 saturated carbocycles. The Morgan fingerprint density at radius 3 is 2.83 bits per heavy atom. The van der Waals surface area contributed by atoms with Crippen molar-refractivity contribution in [3.8, 4) is 11.4 Å². The SMILES string of the molecule is Cc1cc(F)cc(-c2nc(Cl)c3c(n2)CSC3)c1. The molecule has 1 aliphatic rings. The molecule has 2 aromatic rings. The Morgan fingerprint density at radius 2 is 2.06 bits per heavy atom. The van der Waals surface area contributed by atoms with Gasteiger partial charge < -0.3 is 0 Å². The Morgan fingerprint density at radius 1 is 1.22 bits per heavy atom. The summed E-state index contributed by atoms with van der Waals surface area (Å²) in [5, 5.41) is 0.488. The predicted molar refractivity (Wildman–Crippen MR) is 72.2 cm³/mol. The van der Waals surface area contributed by atoms with E-state index in [0.29, 0.717) is 16.5 Å². The van der Waals surface area contributed by atoms with Crippen LogP contribution in [0.1, 0.15) is 16.8 Å². The summed E-state index contributed by atoms with van der Waals surface area (Å²) in [6.07, 6.45) is 0. The summed E-state index contributed by atoms with van der Waals surface area (Å²) in [7, 11) is 0. The van der Waals surface area contributed by atoms with E-state index in [2.05, 4.69) is 9.97 Å². The molecule has 3 rings (SSSR count). The van der Waals surface area contributed by atoms with Gasteiger partial charge in [-0.25, -0.2) is 14.4 Å². The molecule has 0 saturated heterocycles. The van der Waals surface area contributed by atoms with Crippen LogP contribution in [-0.2, 0) is 11.5 Å². The second-order valence-electron chi connectivity index (χ2n) is 4.27. The minimum atomic E-state index is -0.278. The Hall–Kier alpha value is -1.13. The fourth-order valence-electron chi connectivity index (χ4n) is 2.01. The fraction of sp³-hybridized carbons (Fsp3) is 0.231. The van der Waals surface area contributed by atoms with Crippen LogP contribution in [0.3, 0.4) is 0 Å². The maximum Gasteiger partial charge on any atom is 0.161 e. The Labute approximate surface area is 114 Å². The summed E-state index contributed by atoms with van der Waals surface area (Å²) in [6, 6.07) is 4.78. The van der Waals surface area contributed by atoms with E-state index in [1.807, 2.05) is 13.0 Å². The van der Waals surface area contributed by atoms with Crippen LogP contribution in [0.4, 0.5) is 4.39 Å². The van der Waals surface area contributed by atoms with Gasteiger partial charge in [-0.1, -0.05) is 11.6 Å². The molecule has 1 aromatic heterocycles. The first-order valence-electron chi connectivity index (χ1n) is 5.54. The molecule has 0 atom stereocenters. The Balaban J connectivity index is 2.15. The van der Waals surface area contributed by atoms with Crippen LogP contribution >= 0.6 is 23.4 Å². The van der Waals surface area contributed by atoms with Gasteiger partial charge in [0.05, 0.1) is 5.69 Å². The minimum Gasteiger partial charge on any atom is -0.232 e. The molecule has 0 unspecified atom stereocenters. The highest BCUT2D eigenvalue weighted by atomic mass is 35.5. The van der Waals surface area contributed by atoms with Crippen molar-refractivity contribution < 1.29 is 4.39 Å². The van der Waals surface area contributed by atoms with Crippen molar-refractivity contribution in [3.63, 3.8) is 0 Å². The Kier molecular flexibility index (Phi) is 2.99. The second kappa shape index (κ2) is 4.52. The van der Waals surface area contributed by atoms with Gasteiger partial charge in [0.2, 0.25) is 0 Å². The van der Waals surface area contributed by atoms with E-state index in [4.69, 9.17) is 11.6 Å². The maximum atomic E-state index is 13.4. The van der Waals surface area contributed by atoms with Crippen LogP contribution in [0.15, 0.2) is 18.2 Å². The molecule has 1 aromatic carbocycles. The van der Waals surface area contributed by atoms with Crippen molar-refractivity contribution in [3.05, 3.63) is 46.0 Å². The molecule has 0 spiro atoms. The van der Waals surface area contributed by atoms with E-state index < -0.39 is 0 Å². The van der Waals surface area contributed by atoms with Crippen LogP contribution in [0.2, 0.25) is 5.15 Å². The van der Waals surface area contributed by atoms with Gasteiger partial charge in [-0.3, -0.25) is 0 Å². The van der Waals surface area contributed by atoms with E-state index in [0.717, 1.165) is 28.3 Å². The molecular formula is C13H10ClFN2S. The van der Waals surface area contributed by atoms with E-state index in [-0.39, 0.29) is 5.82 Å². The molecule has 0 aliphatic carbocycles. The molecule has 0 N–H and O–H groups in total. The van der Waals surface area contributed by atoms with Crippen LogP contribution < -0.4 is 0 Å². The highest BCUT2D eigenvalue weighted by molar-refractivity contribution is 7.98. The quantitative estimate of drug-likeness (QED) is 0.739. The van der Waals surface area contributed by atoms with Gasteiger partial charge in [0.15, 0.2) is 5.82 Å². The van der Waals surface area contributed by atoms with E-state index in [9.17, 15) is 4.39 Å². The molecule has 2 nitrogen and oxygen atoms in total. The van der Waals surface area contributed by atoms with Crippen molar-refractivity contribution in [1.82, 2.24) is 9.97 Å². The lowest BCUT2D eigenvalue weighted by molar-refractivity contribution is 0.627. The molecule has 0 fully saturated rings. The van der Waals surface area contributed by atoms with E-state index >= 15 is 0 Å². The molecular weight excluding hydrogens is 271 g/mol. The number of halogens is 2. The largest absolute Gasteiger partial charge is 0.232 e. The molecule has 1 aliphatic heterocycles. The third-order valence-electron chi connectivity index (χ3n) is 2.83. The first kappa shape index (κ1) is 11.9. The molecule has 0 amide bonds. The lowest BCUT2D eigenvalue weighted by Gasteiger charge is -2.06. The zero-order valence-electron chi connectivity index (χ0n) is 9.70. The van der Waals surface area contributed by atoms with Gasteiger partial charge in [0, 0.05) is 22.6 Å². The summed E-state index contributed by atoms with van der Waals surface area (Å²) < 4.78 is 13.4. The zero-order valence-corrected chi connectivity index (χ0v) is 11.3. The molecule has 5 heteroatoms. The number of benzene rings is 1. The van der Waals surface area contributed by atoms with Crippen molar-refractivity contribution in [2.75, 3.05) is 0 Å². The van der Waals surface area contributed by atoms with Gasteiger partial charge in [-0.15, -0.1) is 0 Å². The minimum absolute atomic E-state index is 0.278. The lowest BCUT2D eigenvalue weighted by Crippen LogP contribution is -1.98. The number of fused-ring (bicyclic) bond motifs is 1. The first-order chi connectivity index (χ1) is 8.63. The zero-order chi connectivity index (χ0) is 12.7.